The molecule has 0 radical (unpaired) electrons. The molecule has 5 heteroatoms. The number of hydrogen-bond donors (Lipinski definition) is 0. The fraction of sp³-hybridized carbons (Fsp3) is 0.182. The molecule has 1 aromatic carbocycles. The van der Waals surface area contributed by atoms with E-state index >= 15 is 0 Å². The van der Waals surface area contributed by atoms with Crippen LogP contribution in [0, 0.1) is 5.82 Å². The monoisotopic (exact) mass is 366 g/mol. The third-order valence-corrected chi connectivity index (χ3v) is 3.59. The van der Waals surface area contributed by atoms with Gasteiger partial charge in [0.05, 0.1) is 0 Å². The second kappa shape index (κ2) is 6.57. The van der Waals surface area contributed by atoms with Crippen LogP contribution in [-0.2, 0) is 4.79 Å². The van der Waals surface area contributed by atoms with Crippen LogP contribution in [0.5, 0.6) is 0 Å². The minimum Gasteiger partial charge on any atom is -0.288 e. The lowest BCUT2D eigenvalue weighted by Crippen LogP contribution is -1.86. The Kier molecular flexibility index (Phi) is 5.72. The van der Waals surface area contributed by atoms with Crippen LogP contribution in [0.3, 0.4) is 0 Å². The second-order valence-electron chi connectivity index (χ2n) is 2.99. The molecule has 0 aliphatic carbocycles. The summed E-state index contributed by atoms with van der Waals surface area (Å²) in [5.74, 6) is 0.252. The van der Waals surface area contributed by atoms with E-state index in [1.807, 2.05) is 0 Å². The Labute approximate surface area is 115 Å². The van der Waals surface area contributed by atoms with Gasteiger partial charge in [0.2, 0.25) is 0 Å². The predicted octanol–water partition coefficient (Wildman–Crippen LogP) is 4.64. The number of thioether (sulfide) groups is 1. The normalized spacial score (nSPS) is 11.0. The van der Waals surface area contributed by atoms with Crippen LogP contribution in [0.2, 0.25) is 0 Å². The van der Waals surface area contributed by atoms with E-state index in [0.29, 0.717) is 20.3 Å². The number of benzene rings is 1. The number of halogens is 3. The fourth-order valence-electron chi connectivity index (χ4n) is 1.04. The highest BCUT2D eigenvalue weighted by Crippen LogP contribution is 2.26. The van der Waals surface area contributed by atoms with E-state index in [9.17, 15) is 9.18 Å². The van der Waals surface area contributed by atoms with Gasteiger partial charge in [0, 0.05) is 27.2 Å². The maximum atomic E-state index is 13.5. The highest BCUT2D eigenvalue weighted by molar-refractivity contribution is 9.11. The van der Waals surface area contributed by atoms with Crippen molar-refractivity contribution in [2.45, 2.75) is 6.92 Å². The third-order valence-electron chi connectivity index (χ3n) is 1.71. The zero-order valence-corrected chi connectivity index (χ0v) is 12.5. The molecule has 0 saturated heterocycles. The molecule has 1 nitrogen and oxygen atoms in total. The molecular formula is C11H9Br2FOS. The summed E-state index contributed by atoms with van der Waals surface area (Å²) in [6.45, 7) is 1.51. The van der Waals surface area contributed by atoms with E-state index in [-0.39, 0.29) is 10.9 Å². The zero-order valence-electron chi connectivity index (χ0n) is 8.47. The van der Waals surface area contributed by atoms with Gasteiger partial charge in [-0.3, -0.25) is 4.79 Å². The first-order chi connectivity index (χ1) is 7.50. The molecule has 0 heterocycles. The van der Waals surface area contributed by atoms with Gasteiger partial charge in [-0.05, 0) is 12.1 Å². The minimum atomic E-state index is -0.301. The van der Waals surface area contributed by atoms with Crippen LogP contribution >= 0.6 is 43.6 Å². The van der Waals surface area contributed by atoms with Crippen LogP contribution < -0.4 is 0 Å². The van der Waals surface area contributed by atoms with Crippen molar-refractivity contribution in [1.82, 2.24) is 0 Å². The first-order valence-electron chi connectivity index (χ1n) is 4.45. The molecule has 0 fully saturated rings. The van der Waals surface area contributed by atoms with Gasteiger partial charge in [0.25, 0.3) is 0 Å². The van der Waals surface area contributed by atoms with E-state index in [0.717, 1.165) is 0 Å². The molecule has 1 rings (SSSR count). The molecule has 0 amide bonds. The molecule has 0 aliphatic rings. The Hall–Kier alpha value is -0.130. The minimum absolute atomic E-state index is 0.0555. The van der Waals surface area contributed by atoms with Crippen molar-refractivity contribution in [3.8, 4) is 0 Å². The van der Waals surface area contributed by atoms with Gasteiger partial charge in [-0.25, -0.2) is 4.39 Å². The van der Waals surface area contributed by atoms with Crippen LogP contribution in [-0.4, -0.2) is 10.9 Å². The summed E-state index contributed by atoms with van der Waals surface area (Å²) in [5, 5.41) is 0.0555. The molecule has 0 unspecified atom stereocenters. The zero-order chi connectivity index (χ0) is 12.1. The van der Waals surface area contributed by atoms with Crippen molar-refractivity contribution < 1.29 is 9.18 Å². The summed E-state index contributed by atoms with van der Waals surface area (Å²) in [6, 6.07) is 3.18. The molecule has 0 N–H and O–H groups in total. The quantitative estimate of drug-likeness (QED) is 0.773. The fourth-order valence-corrected chi connectivity index (χ4v) is 2.78. The molecule has 0 aliphatic heterocycles. The molecule has 16 heavy (non-hydrogen) atoms. The maximum Gasteiger partial charge on any atom is 0.186 e. The molecule has 1 aromatic rings. The summed E-state index contributed by atoms with van der Waals surface area (Å²) in [6.07, 6.45) is 3.44. The van der Waals surface area contributed by atoms with Gasteiger partial charge < -0.3 is 0 Å². The molecule has 0 aromatic heterocycles. The maximum absolute atomic E-state index is 13.5. The SMILES string of the molecule is CC(=O)SCC=Cc1c(F)cc(Br)cc1Br. The largest absolute Gasteiger partial charge is 0.288 e. The van der Waals surface area contributed by atoms with E-state index in [1.165, 1.54) is 24.8 Å². The molecule has 0 spiro atoms. The van der Waals surface area contributed by atoms with E-state index in [1.54, 1.807) is 18.2 Å². The standard InChI is InChI=1S/C11H9Br2FOS/c1-7(15)16-4-2-3-9-10(13)5-8(12)6-11(9)14/h2-3,5-6H,4H2,1H3. The van der Waals surface area contributed by atoms with Gasteiger partial charge in [0.15, 0.2) is 5.12 Å². The van der Waals surface area contributed by atoms with Gasteiger partial charge in [-0.15, -0.1) is 0 Å². The lowest BCUT2D eigenvalue weighted by atomic mass is 10.2. The molecule has 86 valence electrons. The summed E-state index contributed by atoms with van der Waals surface area (Å²) in [4.78, 5) is 10.7. The predicted molar refractivity (Wildman–Crippen MR) is 74.0 cm³/mol. The highest BCUT2D eigenvalue weighted by atomic mass is 79.9. The van der Waals surface area contributed by atoms with Gasteiger partial charge >= 0.3 is 0 Å². The Bertz CT molecular complexity index is 409. The van der Waals surface area contributed by atoms with Crippen LogP contribution in [0.25, 0.3) is 6.08 Å². The molecule has 0 atom stereocenters. The molecule has 0 bridgehead atoms. The van der Waals surface area contributed by atoms with E-state index < -0.39 is 0 Å². The van der Waals surface area contributed by atoms with Crippen molar-refractivity contribution in [3.63, 3.8) is 0 Å². The van der Waals surface area contributed by atoms with Crippen molar-refractivity contribution in [2.75, 3.05) is 5.75 Å². The smallest absolute Gasteiger partial charge is 0.186 e. The van der Waals surface area contributed by atoms with Crippen LogP contribution in [0.15, 0.2) is 27.2 Å². The van der Waals surface area contributed by atoms with Crippen molar-refractivity contribution >= 4 is 54.8 Å². The van der Waals surface area contributed by atoms with Crippen molar-refractivity contribution in [1.29, 1.82) is 0 Å². The average molecular weight is 368 g/mol. The average Bonchev–Trinajstić information content (AvgIpc) is 2.14. The Morgan fingerprint density at radius 2 is 2.19 bits per heavy atom. The Morgan fingerprint density at radius 1 is 1.50 bits per heavy atom. The topological polar surface area (TPSA) is 17.1 Å². The molecular weight excluding hydrogens is 359 g/mol. The van der Waals surface area contributed by atoms with Crippen molar-refractivity contribution in [2.24, 2.45) is 0 Å². The van der Waals surface area contributed by atoms with Gasteiger partial charge in [-0.2, -0.15) is 0 Å². The van der Waals surface area contributed by atoms with Crippen LogP contribution in [0.1, 0.15) is 12.5 Å². The summed E-state index contributed by atoms with van der Waals surface area (Å²) < 4.78 is 14.9. The highest BCUT2D eigenvalue weighted by Gasteiger charge is 2.05. The molecule has 0 saturated carbocycles. The first-order valence-corrected chi connectivity index (χ1v) is 7.02. The number of carbonyl (C=O) groups is 1. The third kappa shape index (κ3) is 4.39. The summed E-state index contributed by atoms with van der Waals surface area (Å²) in [5.41, 5.74) is 0.493. The van der Waals surface area contributed by atoms with Gasteiger partial charge in [0.1, 0.15) is 5.82 Å². The number of rotatable bonds is 3. The summed E-state index contributed by atoms with van der Waals surface area (Å²) in [7, 11) is 0. The van der Waals surface area contributed by atoms with E-state index in [2.05, 4.69) is 31.9 Å². The number of hydrogen-bond acceptors (Lipinski definition) is 2. The van der Waals surface area contributed by atoms with Gasteiger partial charge in [-0.1, -0.05) is 55.8 Å². The van der Waals surface area contributed by atoms with E-state index in [4.69, 9.17) is 0 Å². The Morgan fingerprint density at radius 3 is 2.75 bits per heavy atom. The summed E-state index contributed by atoms with van der Waals surface area (Å²) >= 11 is 7.68. The Balaban J connectivity index is 2.77. The lowest BCUT2D eigenvalue weighted by molar-refractivity contribution is -0.109. The van der Waals surface area contributed by atoms with Crippen LogP contribution in [0.4, 0.5) is 4.39 Å². The second-order valence-corrected chi connectivity index (χ2v) is 5.96. The lowest BCUT2D eigenvalue weighted by Gasteiger charge is -2.01. The first kappa shape index (κ1) is 13.9. The van der Waals surface area contributed by atoms with Crippen molar-refractivity contribution in [3.05, 3.63) is 38.5 Å². The number of carbonyl (C=O) groups excluding carboxylic acids is 1.